The van der Waals surface area contributed by atoms with Crippen molar-refractivity contribution in [3.05, 3.63) is 82.1 Å². The summed E-state index contributed by atoms with van der Waals surface area (Å²) < 4.78 is 1.81. The minimum Gasteiger partial charge on any atom is -0.345 e. The summed E-state index contributed by atoms with van der Waals surface area (Å²) in [6.45, 7) is 8.52. The topological polar surface area (TPSA) is 88.9 Å². The standard InChI is InChI=1S/C24H25Cl2N5O2S/c1-4-11-31-21(13-27-23(33)16-9-10-18(25)19(26)12-16)29-30-24(31)34-14-22(32)28-20-8-6-5-7-17(20)15(2)3/h4-10,12,15H,1,11,13-14H2,2-3H3,(H,27,33)(H,28,32). The van der Waals surface area contributed by atoms with Gasteiger partial charge in [0.2, 0.25) is 5.91 Å². The quantitative estimate of drug-likeness (QED) is 0.271. The van der Waals surface area contributed by atoms with Crippen molar-refractivity contribution in [2.75, 3.05) is 11.1 Å². The summed E-state index contributed by atoms with van der Waals surface area (Å²) in [5.41, 5.74) is 2.27. The average Bonchev–Trinajstić information content (AvgIpc) is 3.19. The number of hydrogen-bond donors (Lipinski definition) is 2. The van der Waals surface area contributed by atoms with Crippen molar-refractivity contribution in [2.24, 2.45) is 0 Å². The van der Waals surface area contributed by atoms with Crippen molar-refractivity contribution < 1.29 is 9.59 Å². The van der Waals surface area contributed by atoms with Gasteiger partial charge in [-0.2, -0.15) is 0 Å². The zero-order chi connectivity index (χ0) is 24.7. The highest BCUT2D eigenvalue weighted by atomic mass is 35.5. The predicted octanol–water partition coefficient (Wildman–Crippen LogP) is 5.56. The normalized spacial score (nSPS) is 10.9. The number of aromatic nitrogens is 3. The second-order valence-electron chi connectivity index (χ2n) is 7.69. The fourth-order valence-electron chi connectivity index (χ4n) is 3.20. The van der Waals surface area contributed by atoms with E-state index in [0.717, 1.165) is 11.3 Å². The molecule has 2 aromatic carbocycles. The summed E-state index contributed by atoms with van der Waals surface area (Å²) in [6, 6.07) is 12.4. The third-order valence-corrected chi connectivity index (χ3v) is 6.59. The Morgan fingerprint density at radius 1 is 1.15 bits per heavy atom. The maximum absolute atomic E-state index is 12.6. The van der Waals surface area contributed by atoms with E-state index >= 15 is 0 Å². The molecule has 0 bridgehead atoms. The zero-order valence-corrected chi connectivity index (χ0v) is 21.2. The monoisotopic (exact) mass is 517 g/mol. The number of hydrogen-bond acceptors (Lipinski definition) is 5. The van der Waals surface area contributed by atoms with Crippen molar-refractivity contribution in [2.45, 2.75) is 38.0 Å². The number of thioether (sulfide) groups is 1. The van der Waals surface area contributed by atoms with Crippen LogP contribution in [-0.4, -0.2) is 32.3 Å². The van der Waals surface area contributed by atoms with Crippen LogP contribution in [0.15, 0.2) is 60.3 Å². The maximum Gasteiger partial charge on any atom is 0.251 e. The van der Waals surface area contributed by atoms with E-state index in [1.54, 1.807) is 18.2 Å². The largest absolute Gasteiger partial charge is 0.345 e. The fraction of sp³-hybridized carbons (Fsp3) is 0.250. The number of nitrogens with zero attached hydrogens (tertiary/aromatic N) is 3. The van der Waals surface area contributed by atoms with Gasteiger partial charge in [0.15, 0.2) is 11.0 Å². The molecule has 0 atom stereocenters. The third-order valence-electron chi connectivity index (χ3n) is 4.88. The van der Waals surface area contributed by atoms with E-state index in [0.29, 0.717) is 39.1 Å². The van der Waals surface area contributed by atoms with Crippen LogP contribution >= 0.6 is 35.0 Å². The van der Waals surface area contributed by atoms with E-state index in [-0.39, 0.29) is 24.1 Å². The summed E-state index contributed by atoms with van der Waals surface area (Å²) in [4.78, 5) is 25.0. The van der Waals surface area contributed by atoms with Gasteiger partial charge in [0, 0.05) is 17.8 Å². The first-order chi connectivity index (χ1) is 16.3. The number of rotatable bonds is 10. The molecule has 0 aliphatic heterocycles. The van der Waals surface area contributed by atoms with Crippen molar-refractivity contribution in [1.29, 1.82) is 0 Å². The van der Waals surface area contributed by atoms with Gasteiger partial charge >= 0.3 is 0 Å². The Hall–Kier alpha value is -2.81. The molecule has 2 amide bonds. The number of halogens is 2. The first-order valence-corrected chi connectivity index (χ1v) is 12.3. The molecule has 10 heteroatoms. The van der Waals surface area contributed by atoms with E-state index in [2.05, 4.69) is 41.3 Å². The summed E-state index contributed by atoms with van der Waals surface area (Å²) in [7, 11) is 0. The molecule has 3 aromatic rings. The number of carbonyl (C=O) groups excluding carboxylic acids is 2. The number of para-hydroxylation sites is 1. The molecule has 7 nitrogen and oxygen atoms in total. The van der Waals surface area contributed by atoms with Gasteiger partial charge in [-0.25, -0.2) is 0 Å². The fourth-order valence-corrected chi connectivity index (χ4v) is 4.26. The molecule has 0 radical (unpaired) electrons. The van der Waals surface area contributed by atoms with Gasteiger partial charge in [-0.05, 0) is 35.7 Å². The second kappa shape index (κ2) is 12.1. The maximum atomic E-state index is 12.6. The Balaban J connectivity index is 1.63. The van der Waals surface area contributed by atoms with Gasteiger partial charge in [-0.3, -0.25) is 9.59 Å². The Labute approximate surface area is 212 Å². The molecule has 2 N–H and O–H groups in total. The van der Waals surface area contributed by atoms with Crippen molar-refractivity contribution in [3.63, 3.8) is 0 Å². The van der Waals surface area contributed by atoms with Crippen molar-refractivity contribution >= 4 is 52.5 Å². The highest BCUT2D eigenvalue weighted by Gasteiger charge is 2.16. The second-order valence-corrected chi connectivity index (χ2v) is 9.45. The summed E-state index contributed by atoms with van der Waals surface area (Å²) in [6.07, 6.45) is 1.71. The first kappa shape index (κ1) is 25.8. The van der Waals surface area contributed by atoms with Crippen LogP contribution in [0.3, 0.4) is 0 Å². The molecule has 0 saturated heterocycles. The molecule has 1 aromatic heterocycles. The van der Waals surface area contributed by atoms with Gasteiger partial charge in [0.1, 0.15) is 0 Å². The molecule has 0 saturated carbocycles. The van der Waals surface area contributed by atoms with Crippen molar-refractivity contribution in [1.82, 2.24) is 20.1 Å². The molecular formula is C24H25Cl2N5O2S. The van der Waals surface area contributed by atoms with Crippen LogP contribution in [0.2, 0.25) is 10.0 Å². The van der Waals surface area contributed by atoms with Crippen molar-refractivity contribution in [3.8, 4) is 0 Å². The molecule has 0 aliphatic rings. The Kier molecular flexibility index (Phi) is 9.15. The van der Waals surface area contributed by atoms with Crippen LogP contribution in [0.4, 0.5) is 5.69 Å². The highest BCUT2D eigenvalue weighted by molar-refractivity contribution is 7.99. The number of benzene rings is 2. The molecule has 3 rings (SSSR count). The summed E-state index contributed by atoms with van der Waals surface area (Å²) in [5, 5.41) is 15.4. The molecule has 178 valence electrons. The van der Waals surface area contributed by atoms with Crippen LogP contribution in [0.1, 0.15) is 41.5 Å². The lowest BCUT2D eigenvalue weighted by atomic mass is 10.0. The average molecular weight is 518 g/mol. The highest BCUT2D eigenvalue weighted by Crippen LogP contribution is 2.25. The van der Waals surface area contributed by atoms with Crippen LogP contribution in [0, 0.1) is 0 Å². The van der Waals surface area contributed by atoms with Crippen LogP contribution in [0.25, 0.3) is 0 Å². The molecule has 0 fully saturated rings. The number of carbonyl (C=O) groups is 2. The summed E-state index contributed by atoms with van der Waals surface area (Å²) in [5.74, 6) is 0.546. The van der Waals surface area contributed by atoms with Gasteiger partial charge in [-0.1, -0.05) is 73.1 Å². The molecule has 0 unspecified atom stereocenters. The number of allylic oxidation sites excluding steroid dienone is 1. The van der Waals surface area contributed by atoms with Gasteiger partial charge in [0.05, 0.1) is 22.3 Å². The van der Waals surface area contributed by atoms with E-state index < -0.39 is 0 Å². The minimum atomic E-state index is -0.316. The number of amides is 2. The minimum absolute atomic E-state index is 0.138. The Bertz CT molecular complexity index is 1200. The van der Waals surface area contributed by atoms with Gasteiger partial charge in [-0.15, -0.1) is 16.8 Å². The van der Waals surface area contributed by atoms with Crippen LogP contribution in [-0.2, 0) is 17.9 Å². The third kappa shape index (κ3) is 6.62. The SMILES string of the molecule is C=CCn1c(CNC(=O)c2ccc(Cl)c(Cl)c2)nnc1SCC(=O)Nc1ccccc1C(C)C. The molecular weight excluding hydrogens is 493 g/mol. The van der Waals surface area contributed by atoms with E-state index in [1.807, 2.05) is 28.8 Å². The lowest BCUT2D eigenvalue weighted by Gasteiger charge is -2.13. The van der Waals surface area contributed by atoms with Gasteiger partial charge in [0.25, 0.3) is 5.91 Å². The lowest BCUT2D eigenvalue weighted by Crippen LogP contribution is -2.25. The Morgan fingerprint density at radius 2 is 1.91 bits per heavy atom. The van der Waals surface area contributed by atoms with E-state index in [1.165, 1.54) is 17.8 Å². The number of nitrogens with one attached hydrogen (secondary N) is 2. The van der Waals surface area contributed by atoms with E-state index in [4.69, 9.17) is 23.2 Å². The molecule has 34 heavy (non-hydrogen) atoms. The number of anilines is 1. The predicted molar refractivity (Wildman–Crippen MR) is 138 cm³/mol. The Morgan fingerprint density at radius 3 is 2.62 bits per heavy atom. The van der Waals surface area contributed by atoms with Gasteiger partial charge < -0.3 is 15.2 Å². The molecule has 1 heterocycles. The van der Waals surface area contributed by atoms with E-state index in [9.17, 15) is 9.59 Å². The first-order valence-electron chi connectivity index (χ1n) is 10.6. The van der Waals surface area contributed by atoms with Crippen LogP contribution < -0.4 is 10.6 Å². The molecule has 0 aliphatic carbocycles. The molecule has 0 spiro atoms. The van der Waals surface area contributed by atoms with Crippen LogP contribution in [0.5, 0.6) is 0 Å². The zero-order valence-electron chi connectivity index (χ0n) is 18.8. The summed E-state index contributed by atoms with van der Waals surface area (Å²) >= 11 is 13.2. The smallest absolute Gasteiger partial charge is 0.251 e. The lowest BCUT2D eigenvalue weighted by molar-refractivity contribution is -0.113.